The number of aromatic nitrogens is 2. The van der Waals surface area contributed by atoms with E-state index in [2.05, 4.69) is 32.3 Å². The van der Waals surface area contributed by atoms with Gasteiger partial charge >= 0.3 is 6.18 Å². The average molecular weight is 410 g/mol. The number of H-pyrrole nitrogens is 1. The topological polar surface area (TPSA) is 53.2 Å². The van der Waals surface area contributed by atoms with Gasteiger partial charge in [-0.1, -0.05) is 17.9 Å². The van der Waals surface area contributed by atoms with E-state index < -0.39 is 18.2 Å². The molecule has 0 saturated heterocycles. The SMILES string of the molecule is CNCCN(C)Cc1cn[nH]c1C1C#CC/C(C(F)(F)F)=C(/OC(C)C)C(C)=C1. The molecule has 160 valence electrons. The van der Waals surface area contributed by atoms with E-state index in [1.165, 1.54) is 0 Å². The lowest BCUT2D eigenvalue weighted by atomic mass is 9.94. The van der Waals surface area contributed by atoms with Gasteiger partial charge in [-0.2, -0.15) is 18.3 Å². The number of likely N-dealkylation sites (N-methyl/N-ethyl adjacent to an activating group) is 2. The van der Waals surface area contributed by atoms with Crippen LogP contribution in [0.5, 0.6) is 0 Å². The first-order valence-corrected chi connectivity index (χ1v) is 9.63. The van der Waals surface area contributed by atoms with Crippen LogP contribution >= 0.6 is 0 Å². The maximum absolute atomic E-state index is 13.5. The summed E-state index contributed by atoms with van der Waals surface area (Å²) in [5.41, 5.74) is 1.46. The third-order valence-electron chi connectivity index (χ3n) is 4.51. The Morgan fingerprint density at radius 3 is 2.76 bits per heavy atom. The van der Waals surface area contributed by atoms with Crippen LogP contribution in [0.15, 0.2) is 29.2 Å². The smallest absolute Gasteiger partial charge is 0.417 e. The van der Waals surface area contributed by atoms with Gasteiger partial charge in [0.05, 0.1) is 29.5 Å². The van der Waals surface area contributed by atoms with Crippen LogP contribution < -0.4 is 5.32 Å². The fraction of sp³-hybridized carbons (Fsp3) is 0.571. The number of hydrogen-bond acceptors (Lipinski definition) is 4. The van der Waals surface area contributed by atoms with E-state index in [0.29, 0.717) is 12.1 Å². The Balaban J connectivity index is 2.37. The van der Waals surface area contributed by atoms with E-state index >= 15 is 0 Å². The van der Waals surface area contributed by atoms with Crippen molar-refractivity contribution in [2.24, 2.45) is 0 Å². The second-order valence-electron chi connectivity index (χ2n) is 7.45. The molecule has 0 saturated carbocycles. The zero-order valence-corrected chi connectivity index (χ0v) is 17.6. The van der Waals surface area contributed by atoms with E-state index in [9.17, 15) is 13.2 Å². The fourth-order valence-corrected chi connectivity index (χ4v) is 3.11. The van der Waals surface area contributed by atoms with Gasteiger partial charge < -0.3 is 15.0 Å². The van der Waals surface area contributed by atoms with Gasteiger partial charge in [-0.3, -0.25) is 5.10 Å². The minimum atomic E-state index is -4.49. The summed E-state index contributed by atoms with van der Waals surface area (Å²) >= 11 is 0. The zero-order valence-electron chi connectivity index (χ0n) is 17.6. The van der Waals surface area contributed by atoms with Crippen molar-refractivity contribution in [1.29, 1.82) is 0 Å². The maximum Gasteiger partial charge on any atom is 0.417 e. The highest BCUT2D eigenvalue weighted by atomic mass is 19.4. The number of nitrogens with zero attached hydrogens (tertiary/aromatic N) is 2. The summed E-state index contributed by atoms with van der Waals surface area (Å²) in [6, 6.07) is 0. The van der Waals surface area contributed by atoms with E-state index in [1.807, 2.05) is 14.1 Å². The summed E-state index contributed by atoms with van der Waals surface area (Å²) in [6.07, 6.45) is -1.80. The van der Waals surface area contributed by atoms with E-state index in [0.717, 1.165) is 24.3 Å². The van der Waals surface area contributed by atoms with Gasteiger partial charge in [-0.05, 0) is 40.4 Å². The van der Waals surface area contributed by atoms with Crippen LogP contribution in [0, 0.1) is 11.8 Å². The third-order valence-corrected chi connectivity index (χ3v) is 4.51. The first-order valence-electron chi connectivity index (χ1n) is 9.63. The van der Waals surface area contributed by atoms with Gasteiger partial charge in [-0.25, -0.2) is 0 Å². The lowest BCUT2D eigenvalue weighted by molar-refractivity contribution is -0.0968. The summed E-state index contributed by atoms with van der Waals surface area (Å²) in [6.45, 7) is 7.44. The molecule has 2 N–H and O–H groups in total. The van der Waals surface area contributed by atoms with Crippen LogP contribution in [0.4, 0.5) is 13.2 Å². The summed E-state index contributed by atoms with van der Waals surface area (Å²) in [5.74, 6) is 5.16. The molecule has 1 aromatic rings. The van der Waals surface area contributed by atoms with Crippen molar-refractivity contribution < 1.29 is 17.9 Å². The first-order chi connectivity index (χ1) is 13.6. The molecule has 0 spiro atoms. The lowest BCUT2D eigenvalue weighted by Crippen LogP contribution is -2.27. The van der Waals surface area contributed by atoms with Crippen LogP contribution in [-0.4, -0.2) is 54.6 Å². The van der Waals surface area contributed by atoms with Crippen molar-refractivity contribution in [2.75, 3.05) is 27.2 Å². The van der Waals surface area contributed by atoms with Crippen molar-refractivity contribution in [2.45, 2.75) is 51.9 Å². The van der Waals surface area contributed by atoms with Crippen molar-refractivity contribution in [1.82, 2.24) is 20.4 Å². The molecule has 1 aliphatic carbocycles. The molecule has 0 amide bonds. The molecular formula is C21H29F3N4O. The van der Waals surface area contributed by atoms with Crippen molar-refractivity contribution in [3.05, 3.63) is 40.4 Å². The Kier molecular flexibility index (Phi) is 7.94. The minimum absolute atomic E-state index is 0.126. The summed E-state index contributed by atoms with van der Waals surface area (Å²) in [4.78, 5) is 2.15. The minimum Gasteiger partial charge on any atom is -0.490 e. The molecule has 29 heavy (non-hydrogen) atoms. The highest BCUT2D eigenvalue weighted by Gasteiger charge is 2.38. The molecule has 1 atom stereocenters. The highest BCUT2D eigenvalue weighted by molar-refractivity contribution is 5.43. The van der Waals surface area contributed by atoms with E-state index in [-0.39, 0.29) is 17.8 Å². The molecule has 0 fully saturated rings. The molecule has 1 heterocycles. The number of rotatable bonds is 8. The molecule has 1 unspecified atom stereocenters. The Morgan fingerprint density at radius 1 is 1.41 bits per heavy atom. The summed E-state index contributed by atoms with van der Waals surface area (Å²) < 4.78 is 46.2. The number of nitrogens with one attached hydrogen (secondary N) is 2. The lowest BCUT2D eigenvalue weighted by Gasteiger charge is -2.22. The largest absolute Gasteiger partial charge is 0.490 e. The molecule has 0 radical (unpaired) electrons. The number of aromatic amines is 1. The number of allylic oxidation sites excluding steroid dienone is 3. The van der Waals surface area contributed by atoms with Gasteiger partial charge in [-0.15, -0.1) is 0 Å². The normalized spacial score (nSPS) is 20.2. The van der Waals surface area contributed by atoms with Gasteiger partial charge in [0.15, 0.2) is 0 Å². The number of halogens is 3. The Bertz CT molecular complexity index is 812. The van der Waals surface area contributed by atoms with Gasteiger partial charge in [0.25, 0.3) is 0 Å². The van der Waals surface area contributed by atoms with Gasteiger partial charge in [0.1, 0.15) is 5.76 Å². The van der Waals surface area contributed by atoms with Gasteiger partial charge in [0.2, 0.25) is 0 Å². The van der Waals surface area contributed by atoms with Crippen LogP contribution in [-0.2, 0) is 11.3 Å². The average Bonchev–Trinajstić information content (AvgIpc) is 3.06. The highest BCUT2D eigenvalue weighted by Crippen LogP contribution is 2.36. The maximum atomic E-state index is 13.5. The predicted molar refractivity (Wildman–Crippen MR) is 107 cm³/mol. The molecule has 0 aliphatic heterocycles. The van der Waals surface area contributed by atoms with Crippen molar-refractivity contribution in [3.63, 3.8) is 0 Å². The van der Waals surface area contributed by atoms with Crippen LogP contribution in [0.2, 0.25) is 0 Å². The standard InChI is InChI=1S/C21H29F3N4O/c1-14(2)29-20-15(3)11-16(7-6-8-18(20)21(22,23)24)19-17(12-26-27-19)13-28(5)10-9-25-4/h11-12,14,16,25H,8-10,13H2,1-5H3,(H,26,27)/b15-11?,20-18-. The third kappa shape index (κ3) is 6.38. The number of hydrogen-bond donors (Lipinski definition) is 2. The van der Waals surface area contributed by atoms with E-state index in [1.54, 1.807) is 33.0 Å². The van der Waals surface area contributed by atoms with Crippen molar-refractivity contribution >= 4 is 0 Å². The molecule has 2 rings (SSSR count). The fourth-order valence-electron chi connectivity index (χ4n) is 3.11. The van der Waals surface area contributed by atoms with Crippen LogP contribution in [0.3, 0.4) is 0 Å². The molecule has 1 aromatic heterocycles. The van der Waals surface area contributed by atoms with Crippen LogP contribution in [0.1, 0.15) is 44.4 Å². The van der Waals surface area contributed by atoms with Gasteiger partial charge in [0, 0.05) is 31.6 Å². The molecular weight excluding hydrogens is 381 g/mol. The second kappa shape index (κ2) is 9.99. The van der Waals surface area contributed by atoms with Crippen LogP contribution in [0.25, 0.3) is 0 Å². The molecule has 5 nitrogen and oxygen atoms in total. The predicted octanol–water partition coefficient (Wildman–Crippen LogP) is 3.74. The Morgan fingerprint density at radius 2 is 2.14 bits per heavy atom. The first kappa shape index (κ1) is 23.0. The van der Waals surface area contributed by atoms with Crippen molar-refractivity contribution in [3.8, 4) is 11.8 Å². The quantitative estimate of drug-likeness (QED) is 0.641. The molecule has 0 aromatic carbocycles. The molecule has 1 aliphatic rings. The zero-order chi connectivity index (χ0) is 21.6. The molecule has 8 heteroatoms. The summed E-state index contributed by atoms with van der Waals surface area (Å²) in [5, 5.41) is 10.2. The second-order valence-corrected chi connectivity index (χ2v) is 7.45. The molecule has 0 bridgehead atoms. The Labute approximate surface area is 170 Å². The number of alkyl halides is 3. The Hall–Kier alpha value is -2.24. The monoisotopic (exact) mass is 410 g/mol. The number of ether oxygens (including phenoxy) is 1. The summed E-state index contributed by atoms with van der Waals surface area (Å²) in [7, 11) is 3.90. The van der Waals surface area contributed by atoms with E-state index in [4.69, 9.17) is 4.74 Å².